The number of carbonyl (C=O) groups excluding carboxylic acids is 2. The van der Waals surface area contributed by atoms with E-state index in [9.17, 15) is 9.59 Å². The van der Waals surface area contributed by atoms with Crippen molar-refractivity contribution in [1.82, 2.24) is 5.32 Å². The molecule has 174 valence electrons. The minimum atomic E-state index is -0.890. The number of benzene rings is 3. The van der Waals surface area contributed by atoms with E-state index in [-0.39, 0.29) is 18.6 Å². The molecule has 5 nitrogen and oxygen atoms in total. The summed E-state index contributed by atoms with van der Waals surface area (Å²) in [4.78, 5) is 26.9. The van der Waals surface area contributed by atoms with Crippen LogP contribution in [0.2, 0.25) is 5.02 Å². The van der Waals surface area contributed by atoms with Crippen molar-refractivity contribution in [2.75, 3.05) is 13.7 Å². The molecule has 0 radical (unpaired) electrons. The van der Waals surface area contributed by atoms with E-state index < -0.39 is 28.8 Å². The van der Waals surface area contributed by atoms with Crippen molar-refractivity contribution in [2.24, 2.45) is 5.92 Å². The summed E-state index contributed by atoms with van der Waals surface area (Å²) in [6.45, 7) is 2.06. The van der Waals surface area contributed by atoms with Crippen LogP contribution in [0, 0.1) is 5.92 Å². The molecule has 1 heterocycles. The Morgan fingerprint density at radius 1 is 0.853 bits per heavy atom. The summed E-state index contributed by atoms with van der Waals surface area (Å²) in [7, 11) is 1.38. The van der Waals surface area contributed by atoms with Gasteiger partial charge in [-0.25, -0.2) is 0 Å². The van der Waals surface area contributed by atoms with Crippen LogP contribution in [0.15, 0.2) is 84.9 Å². The third-order valence-corrected chi connectivity index (χ3v) is 7.67. The van der Waals surface area contributed by atoms with E-state index in [2.05, 4.69) is 5.32 Å². The van der Waals surface area contributed by atoms with Gasteiger partial charge in [0.2, 0.25) is 0 Å². The molecule has 1 saturated heterocycles. The highest BCUT2D eigenvalue weighted by Gasteiger charge is 2.90. The van der Waals surface area contributed by atoms with Crippen LogP contribution < -0.4 is 5.32 Å². The van der Waals surface area contributed by atoms with Gasteiger partial charge in [-0.3, -0.25) is 14.9 Å². The van der Waals surface area contributed by atoms with Gasteiger partial charge in [0, 0.05) is 21.9 Å². The summed E-state index contributed by atoms with van der Waals surface area (Å²) >= 11 is 6.19. The third-order valence-electron chi connectivity index (χ3n) is 7.42. The molecule has 2 aliphatic rings. The molecule has 34 heavy (non-hydrogen) atoms. The molecule has 0 unspecified atom stereocenters. The number of methoxy groups -OCH3 is 1. The van der Waals surface area contributed by atoms with Crippen LogP contribution in [-0.4, -0.2) is 31.7 Å². The van der Waals surface area contributed by atoms with E-state index in [1.807, 2.05) is 84.9 Å². The van der Waals surface area contributed by atoms with Crippen molar-refractivity contribution >= 4 is 23.5 Å². The Labute approximate surface area is 204 Å². The Morgan fingerprint density at radius 3 is 1.94 bits per heavy atom. The highest BCUT2D eigenvalue weighted by Crippen LogP contribution is 2.79. The molecule has 0 aromatic heterocycles. The van der Waals surface area contributed by atoms with E-state index in [1.165, 1.54) is 7.11 Å². The lowest BCUT2D eigenvalue weighted by Gasteiger charge is -2.27. The molecule has 2 fully saturated rings. The van der Waals surface area contributed by atoms with Gasteiger partial charge in [0.25, 0.3) is 0 Å². The minimum absolute atomic E-state index is 0.257. The number of hydrogen-bond donors (Lipinski definition) is 1. The van der Waals surface area contributed by atoms with Crippen molar-refractivity contribution in [3.05, 3.63) is 107 Å². The molecule has 1 N–H and O–H groups in total. The number of fused-ring (bicyclic) bond motifs is 1. The van der Waals surface area contributed by atoms with Crippen LogP contribution in [0.1, 0.15) is 29.7 Å². The van der Waals surface area contributed by atoms with E-state index in [0.717, 1.165) is 16.7 Å². The van der Waals surface area contributed by atoms with Gasteiger partial charge in [-0.15, -0.1) is 0 Å². The highest BCUT2D eigenvalue weighted by molar-refractivity contribution is 6.30. The lowest BCUT2D eigenvalue weighted by molar-refractivity contribution is -0.147. The first-order valence-corrected chi connectivity index (χ1v) is 11.8. The molecule has 3 aromatic rings. The number of esters is 2. The molecular weight excluding hydrogens is 450 g/mol. The topological polar surface area (TPSA) is 64.6 Å². The monoisotopic (exact) mass is 475 g/mol. The number of piperidine rings is 1. The third kappa shape index (κ3) is 2.97. The van der Waals surface area contributed by atoms with Crippen LogP contribution in [-0.2, 0) is 29.9 Å². The minimum Gasteiger partial charge on any atom is -0.468 e. The molecule has 0 amide bonds. The molecule has 1 aliphatic carbocycles. The van der Waals surface area contributed by atoms with E-state index in [4.69, 9.17) is 21.1 Å². The number of nitrogens with one attached hydrogen (secondary N) is 1. The summed E-state index contributed by atoms with van der Waals surface area (Å²) in [5, 5.41) is 4.17. The zero-order valence-electron chi connectivity index (χ0n) is 19.0. The van der Waals surface area contributed by atoms with Crippen LogP contribution in [0.25, 0.3) is 0 Å². The summed E-state index contributed by atoms with van der Waals surface area (Å²) in [5.41, 5.74) is 1.15. The van der Waals surface area contributed by atoms with Crippen molar-refractivity contribution in [3.63, 3.8) is 0 Å². The zero-order chi connectivity index (χ0) is 23.9. The predicted molar refractivity (Wildman–Crippen MR) is 129 cm³/mol. The summed E-state index contributed by atoms with van der Waals surface area (Å²) in [6, 6.07) is 26.1. The van der Waals surface area contributed by atoms with Gasteiger partial charge in [0.05, 0.1) is 19.6 Å². The molecular formula is C28H26ClNO4. The Kier molecular flexibility index (Phi) is 5.70. The molecule has 5 rings (SSSR count). The second kappa shape index (κ2) is 8.57. The fourth-order valence-electron chi connectivity index (χ4n) is 6.32. The molecule has 0 bridgehead atoms. The molecule has 1 saturated carbocycles. The van der Waals surface area contributed by atoms with Gasteiger partial charge in [0.1, 0.15) is 6.04 Å². The lowest BCUT2D eigenvalue weighted by atomic mass is 9.76. The molecule has 3 aromatic carbocycles. The lowest BCUT2D eigenvalue weighted by Crippen LogP contribution is -2.46. The van der Waals surface area contributed by atoms with Gasteiger partial charge in [-0.2, -0.15) is 0 Å². The van der Waals surface area contributed by atoms with Gasteiger partial charge in [-0.05, 0) is 35.7 Å². The molecule has 6 heteroatoms. The number of hydrogen-bond acceptors (Lipinski definition) is 5. The second-order valence-electron chi connectivity index (χ2n) is 8.76. The average molecular weight is 476 g/mol. The fourth-order valence-corrected chi connectivity index (χ4v) is 6.44. The number of ether oxygens (including phenoxy) is 2. The standard InChI is InChI=1S/C28H26ClNO4/c1-3-34-25(31)22-27(19-10-6-4-7-11-19)23(18-14-16-21(29)17-15-18)30-24(26(32)33-2)28(22,27)20-12-8-5-9-13-20/h4-17,22-24,30H,3H2,1-2H3/t22-,23-,24+,27+,28-/m0/s1. The van der Waals surface area contributed by atoms with Crippen molar-refractivity contribution in [2.45, 2.75) is 29.8 Å². The second-order valence-corrected chi connectivity index (χ2v) is 9.20. The first-order valence-electron chi connectivity index (χ1n) is 11.4. The van der Waals surface area contributed by atoms with Crippen LogP contribution in [0.4, 0.5) is 0 Å². The maximum atomic E-state index is 13.6. The number of rotatable bonds is 6. The van der Waals surface area contributed by atoms with Crippen molar-refractivity contribution < 1.29 is 19.1 Å². The van der Waals surface area contributed by atoms with Gasteiger partial charge in [-0.1, -0.05) is 84.4 Å². The Balaban J connectivity index is 1.84. The number of carbonyl (C=O) groups is 2. The smallest absolute Gasteiger partial charge is 0.323 e. The predicted octanol–water partition coefficient (Wildman–Crippen LogP) is 4.59. The highest BCUT2D eigenvalue weighted by atomic mass is 35.5. The summed E-state index contributed by atoms with van der Waals surface area (Å²) in [6.07, 6.45) is 0. The number of halogens is 1. The first kappa shape index (κ1) is 22.6. The Hall–Kier alpha value is -3.15. The Morgan fingerprint density at radius 2 is 1.41 bits per heavy atom. The fraction of sp³-hybridized carbons (Fsp3) is 0.286. The average Bonchev–Trinajstić information content (AvgIpc) is 3.40. The summed E-state index contributed by atoms with van der Waals surface area (Å²) in [5.74, 6) is -1.31. The largest absolute Gasteiger partial charge is 0.468 e. The summed E-state index contributed by atoms with van der Waals surface area (Å²) < 4.78 is 10.9. The quantitative estimate of drug-likeness (QED) is 0.528. The van der Waals surface area contributed by atoms with Gasteiger partial charge < -0.3 is 9.47 Å². The molecule has 0 spiro atoms. The molecule has 1 aliphatic heterocycles. The van der Waals surface area contributed by atoms with E-state index in [0.29, 0.717) is 5.02 Å². The van der Waals surface area contributed by atoms with Crippen molar-refractivity contribution in [1.29, 1.82) is 0 Å². The Bertz CT molecular complexity index is 1200. The van der Waals surface area contributed by atoms with Crippen molar-refractivity contribution in [3.8, 4) is 0 Å². The maximum Gasteiger partial charge on any atom is 0.323 e. The van der Waals surface area contributed by atoms with Crippen LogP contribution in [0.5, 0.6) is 0 Å². The maximum absolute atomic E-state index is 13.6. The zero-order valence-corrected chi connectivity index (χ0v) is 19.8. The SMILES string of the molecule is CCOC(=O)[C@@H]1[C@@]2(c3ccccc3)[C@@H](C(=O)OC)N[C@@H](c3ccc(Cl)cc3)[C@@]12c1ccccc1. The van der Waals surface area contributed by atoms with Crippen LogP contribution >= 0.6 is 11.6 Å². The molecule has 5 atom stereocenters. The van der Waals surface area contributed by atoms with Gasteiger partial charge in [0.15, 0.2) is 0 Å². The van der Waals surface area contributed by atoms with E-state index >= 15 is 0 Å². The van der Waals surface area contributed by atoms with Gasteiger partial charge >= 0.3 is 11.9 Å². The normalized spacial score (nSPS) is 29.2. The van der Waals surface area contributed by atoms with E-state index in [1.54, 1.807) is 6.92 Å². The van der Waals surface area contributed by atoms with Crippen LogP contribution in [0.3, 0.4) is 0 Å². The first-order chi connectivity index (χ1) is 16.5.